The summed E-state index contributed by atoms with van der Waals surface area (Å²) in [7, 11) is 0. The number of phenolic OH excluding ortho intramolecular Hbond substituents is 1. The topological polar surface area (TPSA) is 66.5 Å². The number of phenols is 1. The largest absolute Gasteiger partial charge is 0.508 e. The van der Waals surface area contributed by atoms with Gasteiger partial charge in [0.05, 0.1) is 0 Å². The predicted molar refractivity (Wildman–Crippen MR) is 51.5 cm³/mol. The smallest absolute Gasteiger partial charge is 0.118 e. The Hall–Kier alpha value is -1.06. The van der Waals surface area contributed by atoms with Crippen molar-refractivity contribution in [2.24, 2.45) is 5.73 Å². The van der Waals surface area contributed by atoms with Crippen LogP contribution in [0.5, 0.6) is 5.75 Å². The fourth-order valence-corrected chi connectivity index (χ4v) is 1.16. The van der Waals surface area contributed by atoms with Crippen LogP contribution in [0, 0.1) is 6.92 Å². The molecule has 4 N–H and O–H groups in total. The fourth-order valence-electron chi connectivity index (χ4n) is 1.16. The number of aromatic hydroxyl groups is 1. The van der Waals surface area contributed by atoms with Gasteiger partial charge in [0.25, 0.3) is 0 Å². The molecule has 13 heavy (non-hydrogen) atoms. The minimum absolute atomic E-state index is 0.0653. The lowest BCUT2D eigenvalue weighted by atomic mass is 10.0. The molecule has 0 aliphatic heterocycles. The molecular formula is C10H15NO2. The first-order valence-electron chi connectivity index (χ1n) is 4.31. The number of nitrogens with two attached hydrogens (primary N) is 1. The first kappa shape index (κ1) is 10.0. The van der Waals surface area contributed by atoms with Crippen molar-refractivity contribution in [3.8, 4) is 5.75 Å². The van der Waals surface area contributed by atoms with Crippen molar-refractivity contribution in [2.45, 2.75) is 19.4 Å². The van der Waals surface area contributed by atoms with E-state index in [9.17, 15) is 5.11 Å². The van der Waals surface area contributed by atoms with E-state index >= 15 is 0 Å². The van der Waals surface area contributed by atoms with E-state index in [-0.39, 0.29) is 18.4 Å². The maximum absolute atomic E-state index is 9.40. The molecule has 1 atom stereocenters. The molecule has 0 saturated carbocycles. The molecule has 3 nitrogen and oxygen atoms in total. The zero-order chi connectivity index (χ0) is 9.84. The molecule has 1 unspecified atom stereocenters. The van der Waals surface area contributed by atoms with E-state index in [1.807, 2.05) is 19.1 Å². The second kappa shape index (κ2) is 4.25. The molecule has 0 fully saturated rings. The average molecular weight is 181 g/mol. The van der Waals surface area contributed by atoms with E-state index < -0.39 is 0 Å². The first-order chi connectivity index (χ1) is 6.15. The summed E-state index contributed by atoms with van der Waals surface area (Å²) in [6.07, 6.45) is 0.516. The second-order valence-electron chi connectivity index (χ2n) is 3.16. The van der Waals surface area contributed by atoms with Gasteiger partial charge in [0.2, 0.25) is 0 Å². The number of hydrogen-bond donors (Lipinski definition) is 3. The summed E-state index contributed by atoms with van der Waals surface area (Å²) in [6, 6.07) is 5.14. The highest BCUT2D eigenvalue weighted by Gasteiger charge is 2.06. The Morgan fingerprint density at radius 3 is 2.69 bits per heavy atom. The van der Waals surface area contributed by atoms with Gasteiger partial charge in [-0.25, -0.2) is 0 Å². The lowest BCUT2D eigenvalue weighted by Gasteiger charge is -2.11. The SMILES string of the molecule is Cc1ccc(C(N)CCO)cc1O. The molecule has 0 spiro atoms. The van der Waals surface area contributed by atoms with Crippen LogP contribution in [-0.4, -0.2) is 16.8 Å². The Morgan fingerprint density at radius 1 is 1.46 bits per heavy atom. The van der Waals surface area contributed by atoms with Gasteiger partial charge in [-0.2, -0.15) is 0 Å². The third-order valence-corrected chi connectivity index (χ3v) is 2.10. The zero-order valence-corrected chi connectivity index (χ0v) is 7.70. The summed E-state index contributed by atoms with van der Waals surface area (Å²) in [5, 5.41) is 18.1. The van der Waals surface area contributed by atoms with Crippen LogP contribution in [0.15, 0.2) is 18.2 Å². The number of rotatable bonds is 3. The van der Waals surface area contributed by atoms with Crippen LogP contribution in [0.1, 0.15) is 23.6 Å². The van der Waals surface area contributed by atoms with Crippen molar-refractivity contribution in [3.63, 3.8) is 0 Å². The number of aryl methyl sites for hydroxylation is 1. The predicted octanol–water partition coefficient (Wildman–Crippen LogP) is 1.08. The van der Waals surface area contributed by atoms with Gasteiger partial charge in [0.1, 0.15) is 5.75 Å². The lowest BCUT2D eigenvalue weighted by Crippen LogP contribution is -2.11. The highest BCUT2D eigenvalue weighted by Crippen LogP contribution is 2.22. The summed E-state index contributed by atoms with van der Waals surface area (Å²) in [5.74, 6) is 0.255. The lowest BCUT2D eigenvalue weighted by molar-refractivity contribution is 0.276. The van der Waals surface area contributed by atoms with E-state index in [1.165, 1.54) is 0 Å². The molecule has 0 heterocycles. The Kier molecular flexibility index (Phi) is 3.28. The molecule has 0 amide bonds. The number of aliphatic hydroxyl groups excluding tert-OH is 1. The van der Waals surface area contributed by atoms with Crippen molar-refractivity contribution in [3.05, 3.63) is 29.3 Å². The molecule has 0 aliphatic rings. The molecule has 0 saturated heterocycles. The molecule has 1 aromatic carbocycles. The highest BCUT2D eigenvalue weighted by molar-refractivity contribution is 5.36. The van der Waals surface area contributed by atoms with Crippen molar-refractivity contribution in [1.82, 2.24) is 0 Å². The van der Waals surface area contributed by atoms with Crippen molar-refractivity contribution in [1.29, 1.82) is 0 Å². The Morgan fingerprint density at radius 2 is 2.15 bits per heavy atom. The second-order valence-corrected chi connectivity index (χ2v) is 3.16. The molecule has 0 bridgehead atoms. The normalized spacial score (nSPS) is 12.8. The van der Waals surface area contributed by atoms with E-state index in [1.54, 1.807) is 6.07 Å². The molecule has 1 rings (SSSR count). The minimum atomic E-state index is -0.198. The van der Waals surface area contributed by atoms with Crippen molar-refractivity contribution >= 4 is 0 Å². The quantitative estimate of drug-likeness (QED) is 0.653. The number of benzene rings is 1. The molecule has 0 aliphatic carbocycles. The van der Waals surface area contributed by atoms with Crippen LogP contribution in [0.3, 0.4) is 0 Å². The molecule has 72 valence electrons. The average Bonchev–Trinajstić information content (AvgIpc) is 2.10. The standard InChI is InChI=1S/C10H15NO2/c1-7-2-3-8(6-10(7)13)9(11)4-5-12/h2-3,6,9,12-13H,4-5,11H2,1H3. The maximum Gasteiger partial charge on any atom is 0.118 e. The minimum Gasteiger partial charge on any atom is -0.508 e. The summed E-state index contributed by atoms with van der Waals surface area (Å²) < 4.78 is 0. The summed E-state index contributed by atoms with van der Waals surface area (Å²) in [5.41, 5.74) is 7.45. The monoisotopic (exact) mass is 181 g/mol. The molecular weight excluding hydrogens is 166 g/mol. The maximum atomic E-state index is 9.40. The van der Waals surface area contributed by atoms with Gasteiger partial charge in [-0.05, 0) is 30.5 Å². The summed E-state index contributed by atoms with van der Waals surface area (Å²) in [4.78, 5) is 0. The molecule has 0 radical (unpaired) electrons. The van der Waals surface area contributed by atoms with Crippen LogP contribution >= 0.6 is 0 Å². The Labute approximate surface area is 77.8 Å². The van der Waals surface area contributed by atoms with Gasteiger partial charge in [-0.15, -0.1) is 0 Å². The molecule has 3 heteroatoms. The van der Waals surface area contributed by atoms with Gasteiger partial charge < -0.3 is 15.9 Å². The van der Waals surface area contributed by atoms with Gasteiger partial charge >= 0.3 is 0 Å². The Balaban J connectivity index is 2.84. The van der Waals surface area contributed by atoms with E-state index in [4.69, 9.17) is 10.8 Å². The van der Waals surface area contributed by atoms with E-state index in [0.717, 1.165) is 11.1 Å². The zero-order valence-electron chi connectivity index (χ0n) is 7.70. The van der Waals surface area contributed by atoms with Gasteiger partial charge in [0.15, 0.2) is 0 Å². The van der Waals surface area contributed by atoms with Gasteiger partial charge in [-0.3, -0.25) is 0 Å². The Bertz CT molecular complexity index is 286. The number of aliphatic hydroxyl groups is 1. The summed E-state index contributed by atoms with van der Waals surface area (Å²) in [6.45, 7) is 1.90. The van der Waals surface area contributed by atoms with Crippen LogP contribution in [0.25, 0.3) is 0 Å². The third-order valence-electron chi connectivity index (χ3n) is 2.10. The van der Waals surface area contributed by atoms with Crippen LogP contribution < -0.4 is 5.73 Å². The van der Waals surface area contributed by atoms with E-state index in [2.05, 4.69) is 0 Å². The first-order valence-corrected chi connectivity index (χ1v) is 4.31. The molecule has 1 aromatic rings. The highest BCUT2D eigenvalue weighted by atomic mass is 16.3. The van der Waals surface area contributed by atoms with Gasteiger partial charge in [-0.1, -0.05) is 12.1 Å². The fraction of sp³-hybridized carbons (Fsp3) is 0.400. The third kappa shape index (κ3) is 2.44. The van der Waals surface area contributed by atoms with Crippen molar-refractivity contribution in [2.75, 3.05) is 6.61 Å². The van der Waals surface area contributed by atoms with Crippen LogP contribution in [0.2, 0.25) is 0 Å². The van der Waals surface area contributed by atoms with Crippen LogP contribution in [0.4, 0.5) is 0 Å². The number of hydrogen-bond acceptors (Lipinski definition) is 3. The van der Waals surface area contributed by atoms with E-state index in [0.29, 0.717) is 6.42 Å². The van der Waals surface area contributed by atoms with Gasteiger partial charge in [0, 0.05) is 12.6 Å². The van der Waals surface area contributed by atoms with Crippen LogP contribution in [-0.2, 0) is 0 Å². The molecule has 0 aromatic heterocycles. The summed E-state index contributed by atoms with van der Waals surface area (Å²) >= 11 is 0. The van der Waals surface area contributed by atoms with Crippen molar-refractivity contribution < 1.29 is 10.2 Å².